The summed E-state index contributed by atoms with van der Waals surface area (Å²) >= 11 is 0. The number of allylic oxidation sites excluding steroid dienone is 16. The molecule has 100 heavy (non-hydrogen) atoms. The number of unbranched alkanes of at least 4 members (excludes halogenated alkanes) is 34. The molecule has 2 unspecified atom stereocenters. The Morgan fingerprint density at radius 3 is 0.880 bits per heavy atom. The van der Waals surface area contributed by atoms with Crippen LogP contribution in [-0.4, -0.2) is 96.7 Å². The molecule has 5 atom stereocenters. The number of aliphatic hydroxyl groups is 1. The Hall–Kier alpha value is -4.02. The minimum atomic E-state index is -4.99. The number of phosphoric ester groups is 2. The van der Waals surface area contributed by atoms with Crippen molar-refractivity contribution in [2.45, 2.75) is 354 Å². The second-order valence-corrected chi connectivity index (χ2v) is 29.3. The predicted octanol–water partition coefficient (Wildman–Crippen LogP) is 22.8. The average molecular weight is 1450 g/mol. The molecule has 19 heteroatoms. The predicted molar refractivity (Wildman–Crippen MR) is 409 cm³/mol. The van der Waals surface area contributed by atoms with Gasteiger partial charge >= 0.3 is 39.5 Å². The average Bonchev–Trinajstić information content (AvgIpc) is 1.13. The first-order valence-corrected chi connectivity index (χ1v) is 42.5. The molecule has 0 saturated heterocycles. The zero-order valence-electron chi connectivity index (χ0n) is 63.1. The van der Waals surface area contributed by atoms with Gasteiger partial charge in [0.1, 0.15) is 19.3 Å². The van der Waals surface area contributed by atoms with Crippen molar-refractivity contribution in [3.63, 3.8) is 0 Å². The van der Waals surface area contributed by atoms with Gasteiger partial charge in [-0.1, -0.05) is 292 Å². The molecule has 3 N–H and O–H groups in total. The molecule has 0 rings (SSSR count). The molecule has 0 amide bonds. The van der Waals surface area contributed by atoms with Gasteiger partial charge in [-0.3, -0.25) is 37.3 Å². The molecule has 0 aliphatic rings. The van der Waals surface area contributed by atoms with Gasteiger partial charge in [0.2, 0.25) is 0 Å². The quantitative estimate of drug-likeness (QED) is 0.0128. The van der Waals surface area contributed by atoms with Gasteiger partial charge in [0, 0.05) is 25.7 Å². The number of carbonyl (C=O) groups excluding carboxylic acids is 4. The summed E-state index contributed by atoms with van der Waals surface area (Å²) in [6.07, 6.45) is 76.8. The first kappa shape index (κ1) is 96.0. The Morgan fingerprint density at radius 2 is 0.530 bits per heavy atom. The lowest BCUT2D eigenvalue weighted by Gasteiger charge is -2.21. The highest BCUT2D eigenvalue weighted by Crippen LogP contribution is 2.45. The number of hydrogen-bond donors (Lipinski definition) is 3. The molecule has 0 aromatic heterocycles. The fraction of sp³-hybridized carbons (Fsp3) is 0.753. The zero-order valence-corrected chi connectivity index (χ0v) is 64.9. The van der Waals surface area contributed by atoms with Crippen molar-refractivity contribution in [2.24, 2.45) is 0 Å². The van der Waals surface area contributed by atoms with Gasteiger partial charge in [0.25, 0.3) is 0 Å². The van der Waals surface area contributed by atoms with Gasteiger partial charge in [-0.2, -0.15) is 0 Å². The van der Waals surface area contributed by atoms with Gasteiger partial charge in [0.05, 0.1) is 26.4 Å². The number of rotatable bonds is 74. The summed E-state index contributed by atoms with van der Waals surface area (Å²) in [7, 11) is -9.97. The molecule has 0 aromatic rings. The summed E-state index contributed by atoms with van der Waals surface area (Å²) in [5, 5.41) is 10.6. The molecule has 0 radical (unpaired) electrons. The highest BCUT2D eigenvalue weighted by Gasteiger charge is 2.30. The van der Waals surface area contributed by atoms with Crippen molar-refractivity contribution in [1.29, 1.82) is 0 Å². The van der Waals surface area contributed by atoms with Gasteiger partial charge < -0.3 is 33.8 Å². The van der Waals surface area contributed by atoms with Crippen LogP contribution in [-0.2, 0) is 65.4 Å². The van der Waals surface area contributed by atoms with Crippen molar-refractivity contribution in [3.05, 3.63) is 97.2 Å². The van der Waals surface area contributed by atoms with Crippen LogP contribution in [0.4, 0.5) is 0 Å². The van der Waals surface area contributed by atoms with E-state index in [1.807, 2.05) is 12.2 Å². The summed E-state index contributed by atoms with van der Waals surface area (Å²) in [4.78, 5) is 72.9. The largest absolute Gasteiger partial charge is 0.472 e. The van der Waals surface area contributed by atoms with E-state index < -0.39 is 97.5 Å². The lowest BCUT2D eigenvalue weighted by atomic mass is 10.0. The monoisotopic (exact) mass is 1450 g/mol. The van der Waals surface area contributed by atoms with Crippen molar-refractivity contribution >= 4 is 39.5 Å². The normalized spacial score (nSPS) is 14.4. The molecule has 0 heterocycles. The lowest BCUT2D eigenvalue weighted by molar-refractivity contribution is -0.161. The maximum absolute atomic E-state index is 13.1. The summed E-state index contributed by atoms with van der Waals surface area (Å²) in [6.45, 7) is 4.74. The summed E-state index contributed by atoms with van der Waals surface area (Å²) in [6, 6.07) is 0. The standard InChI is InChI=1S/C81H142O17P2/c1-5-9-13-17-21-25-29-33-36-37-40-44-48-52-56-60-64-68-81(86)98-76(71-91-78(83)65-61-57-53-49-45-41-32-28-24-20-16-12-8-4)73-95-99(87,88)93-69-75(82)70-94-100(89,90)96-74-77(97-80(85)67-63-59-55-51-47-43-39-35-31-27-23-19-15-11-7-3)72-92-79(84)66-62-58-54-50-46-42-38-34-30-26-22-18-14-10-6-2/h21,25-27,30-31,33-36,38-40,44,52,56,75-77,82H,5-20,22-24,28-29,32,37,41-43,45-51,53-55,57-74H2,1-4H3,(H,87,88)(H,89,90)/b25-21-,30-26-,31-27-,36-33-,38-34-,39-35-,44-40-,56-52-/t75-,76+,77+/m0/s1. The molecule has 0 fully saturated rings. The second-order valence-electron chi connectivity index (χ2n) is 26.4. The van der Waals surface area contributed by atoms with Crippen LogP contribution >= 0.6 is 15.6 Å². The minimum Gasteiger partial charge on any atom is -0.462 e. The molecule has 0 aliphatic carbocycles. The molecule has 17 nitrogen and oxygen atoms in total. The van der Waals surface area contributed by atoms with Crippen LogP contribution in [0, 0.1) is 0 Å². The third kappa shape index (κ3) is 72.3. The first-order chi connectivity index (χ1) is 48.7. The summed E-state index contributed by atoms with van der Waals surface area (Å²) in [5.74, 6) is -2.26. The van der Waals surface area contributed by atoms with Gasteiger partial charge in [-0.15, -0.1) is 0 Å². The van der Waals surface area contributed by atoms with Crippen LogP contribution in [0.5, 0.6) is 0 Å². The lowest BCUT2D eigenvalue weighted by Crippen LogP contribution is -2.30. The van der Waals surface area contributed by atoms with Crippen molar-refractivity contribution in [3.8, 4) is 0 Å². The number of aliphatic hydroxyl groups excluding tert-OH is 1. The maximum atomic E-state index is 13.1. The molecule has 0 bridgehead atoms. The maximum Gasteiger partial charge on any atom is 0.472 e. The molecule has 0 spiro atoms. The number of carbonyl (C=O) groups is 4. The smallest absolute Gasteiger partial charge is 0.462 e. The Bertz CT molecular complexity index is 2270. The number of ether oxygens (including phenoxy) is 4. The zero-order chi connectivity index (χ0) is 73.2. The molecular formula is C81H142O17P2. The Morgan fingerprint density at radius 1 is 0.290 bits per heavy atom. The SMILES string of the molecule is CCCCC/C=C\C/C=C\C/C=C\C/C=C\CCCC(=O)O[C@H](COC(=O)CCCCCCCCCCCCCCC)COP(=O)(O)OC[C@H](O)COP(=O)(O)OC[C@@H](COC(=O)CCCCCCC/C=C\C=C/CCCCCC)OC(=O)CCCCCCC/C=C\C=C/CCCCCC. The third-order valence-corrected chi connectivity index (χ3v) is 18.5. The number of esters is 4. The van der Waals surface area contributed by atoms with Crippen LogP contribution in [0.2, 0.25) is 0 Å². The van der Waals surface area contributed by atoms with Gasteiger partial charge in [-0.25, -0.2) is 9.13 Å². The Balaban J connectivity index is 5.42. The highest BCUT2D eigenvalue weighted by atomic mass is 31.2. The van der Waals surface area contributed by atoms with Crippen LogP contribution in [0.1, 0.15) is 336 Å². The highest BCUT2D eigenvalue weighted by molar-refractivity contribution is 7.47. The van der Waals surface area contributed by atoms with E-state index in [4.69, 9.17) is 37.0 Å². The minimum absolute atomic E-state index is 0.0205. The van der Waals surface area contributed by atoms with Gasteiger partial charge in [-0.05, 0) is 116 Å². The van der Waals surface area contributed by atoms with E-state index in [9.17, 15) is 43.2 Å². The molecular weight excluding hydrogens is 1310 g/mol. The fourth-order valence-electron chi connectivity index (χ4n) is 10.5. The van der Waals surface area contributed by atoms with E-state index in [0.717, 1.165) is 122 Å². The third-order valence-electron chi connectivity index (χ3n) is 16.6. The molecule has 578 valence electrons. The van der Waals surface area contributed by atoms with Crippen LogP contribution in [0.15, 0.2) is 97.2 Å². The molecule has 0 aromatic carbocycles. The Kier molecular flexibility index (Phi) is 70.4. The van der Waals surface area contributed by atoms with Crippen molar-refractivity contribution < 1.29 is 80.2 Å². The summed E-state index contributed by atoms with van der Waals surface area (Å²) < 4.78 is 68.5. The number of hydrogen-bond acceptors (Lipinski definition) is 15. The van der Waals surface area contributed by atoms with E-state index in [1.165, 1.54) is 128 Å². The van der Waals surface area contributed by atoms with E-state index in [2.05, 4.69) is 113 Å². The fourth-order valence-corrected chi connectivity index (χ4v) is 12.1. The molecule has 0 aliphatic heterocycles. The topological polar surface area (TPSA) is 237 Å². The second kappa shape index (κ2) is 73.3. The van der Waals surface area contributed by atoms with E-state index >= 15 is 0 Å². The molecule has 0 saturated carbocycles. The van der Waals surface area contributed by atoms with E-state index in [1.54, 1.807) is 0 Å². The van der Waals surface area contributed by atoms with Crippen LogP contribution in [0.25, 0.3) is 0 Å². The van der Waals surface area contributed by atoms with Crippen molar-refractivity contribution in [2.75, 3.05) is 39.6 Å². The summed E-state index contributed by atoms with van der Waals surface area (Å²) in [5.41, 5.74) is 0. The van der Waals surface area contributed by atoms with E-state index in [0.29, 0.717) is 32.1 Å². The van der Waals surface area contributed by atoms with E-state index in [-0.39, 0.29) is 25.7 Å². The number of phosphoric acid groups is 2. The van der Waals surface area contributed by atoms with Crippen LogP contribution in [0.3, 0.4) is 0 Å². The van der Waals surface area contributed by atoms with Gasteiger partial charge in [0.15, 0.2) is 12.2 Å². The van der Waals surface area contributed by atoms with Crippen molar-refractivity contribution in [1.82, 2.24) is 0 Å². The first-order valence-electron chi connectivity index (χ1n) is 39.5. The van der Waals surface area contributed by atoms with Crippen LogP contribution < -0.4 is 0 Å². The Labute approximate surface area is 607 Å².